The zero-order valence-electron chi connectivity index (χ0n) is 18.8. The van der Waals surface area contributed by atoms with E-state index in [4.69, 9.17) is 9.72 Å². The van der Waals surface area contributed by atoms with E-state index in [2.05, 4.69) is 36.6 Å². The van der Waals surface area contributed by atoms with Gasteiger partial charge >= 0.3 is 0 Å². The topological polar surface area (TPSA) is 67.2 Å². The van der Waals surface area contributed by atoms with Gasteiger partial charge in [0.15, 0.2) is 0 Å². The Kier molecular flexibility index (Phi) is 5.47. The fourth-order valence-corrected chi connectivity index (χ4v) is 4.60. The highest BCUT2D eigenvalue weighted by molar-refractivity contribution is 5.96. The minimum absolute atomic E-state index is 0.380. The van der Waals surface area contributed by atoms with Gasteiger partial charge in [0.1, 0.15) is 18.2 Å². The monoisotopic (exact) mass is 437 g/mol. The van der Waals surface area contributed by atoms with Crippen molar-refractivity contribution in [3.05, 3.63) is 100 Å². The number of fused-ring (bicyclic) bond motifs is 3. The summed E-state index contributed by atoms with van der Waals surface area (Å²) in [6.07, 6.45) is 3.09. The lowest BCUT2D eigenvalue weighted by atomic mass is 9.93. The quantitative estimate of drug-likeness (QED) is 0.434. The number of hydrogen-bond donors (Lipinski definition) is 0. The van der Waals surface area contributed by atoms with Crippen molar-refractivity contribution in [1.82, 2.24) is 9.55 Å². The number of aryl methyl sites for hydroxylation is 2. The molecule has 0 saturated heterocycles. The number of aliphatic carboxylic acids is 1. The molecular formula is C28H25N2O3-. The maximum Gasteiger partial charge on any atom is 0.127 e. The molecule has 166 valence electrons. The van der Waals surface area contributed by atoms with Gasteiger partial charge in [-0.05, 0) is 59.4 Å². The third-order valence-corrected chi connectivity index (χ3v) is 6.16. The standard InChI is InChI=1S/C28H26N2O3/c1-3-7-26-29-28-18(2)8-6-11-24(28)30(26)16-19-12-13-22-23(15-27(31)32)21-10-5-4-9-20(21)17-33-25(22)14-19/h4-6,8-15H,3,7,16-17H2,1-2H3,(H,31,32)/p-1/b23-15-. The van der Waals surface area contributed by atoms with Crippen molar-refractivity contribution in [2.24, 2.45) is 0 Å². The Balaban J connectivity index is 1.59. The van der Waals surface area contributed by atoms with E-state index in [1.165, 1.54) is 5.56 Å². The Bertz CT molecular complexity index is 1400. The van der Waals surface area contributed by atoms with Crippen LogP contribution in [-0.2, 0) is 24.4 Å². The van der Waals surface area contributed by atoms with Gasteiger partial charge in [0.2, 0.25) is 0 Å². The molecule has 0 radical (unpaired) electrons. The maximum atomic E-state index is 11.5. The molecule has 5 nitrogen and oxygen atoms in total. The summed E-state index contributed by atoms with van der Waals surface area (Å²) in [4.78, 5) is 16.4. The zero-order valence-corrected chi connectivity index (χ0v) is 18.8. The van der Waals surface area contributed by atoms with Gasteiger partial charge in [0.05, 0.1) is 17.0 Å². The van der Waals surface area contributed by atoms with E-state index < -0.39 is 5.97 Å². The van der Waals surface area contributed by atoms with E-state index in [1.807, 2.05) is 42.5 Å². The van der Waals surface area contributed by atoms with Gasteiger partial charge in [-0.2, -0.15) is 0 Å². The molecule has 0 N–H and O–H groups in total. The van der Waals surface area contributed by atoms with Gasteiger partial charge in [-0.15, -0.1) is 0 Å². The molecule has 5 heteroatoms. The summed E-state index contributed by atoms with van der Waals surface area (Å²) in [7, 11) is 0. The summed E-state index contributed by atoms with van der Waals surface area (Å²) >= 11 is 0. The van der Waals surface area contributed by atoms with Gasteiger partial charge < -0.3 is 19.2 Å². The SMILES string of the molecule is CCCc1nc2c(C)cccc2n1Cc1ccc2c(c1)OCc1ccccc1/C2=C/C(=O)[O-]. The number of imidazole rings is 1. The molecule has 0 amide bonds. The van der Waals surface area contributed by atoms with Crippen LogP contribution >= 0.6 is 0 Å². The predicted octanol–water partition coefficient (Wildman–Crippen LogP) is 4.42. The van der Waals surface area contributed by atoms with Crippen molar-refractivity contribution in [1.29, 1.82) is 0 Å². The predicted molar refractivity (Wildman–Crippen MR) is 127 cm³/mol. The van der Waals surface area contributed by atoms with Crippen molar-refractivity contribution in [3.63, 3.8) is 0 Å². The number of nitrogens with zero attached hydrogens (tertiary/aromatic N) is 2. The van der Waals surface area contributed by atoms with Gasteiger partial charge in [-0.25, -0.2) is 4.98 Å². The molecule has 1 aliphatic rings. The highest BCUT2D eigenvalue weighted by Gasteiger charge is 2.20. The summed E-state index contributed by atoms with van der Waals surface area (Å²) < 4.78 is 8.43. The van der Waals surface area contributed by atoms with Crippen LogP contribution in [0.4, 0.5) is 0 Å². The second-order valence-electron chi connectivity index (χ2n) is 8.46. The first-order valence-electron chi connectivity index (χ1n) is 11.3. The molecule has 0 saturated carbocycles. The smallest absolute Gasteiger partial charge is 0.127 e. The Morgan fingerprint density at radius 2 is 1.97 bits per heavy atom. The van der Waals surface area contributed by atoms with Crippen molar-refractivity contribution < 1.29 is 14.6 Å². The number of para-hydroxylation sites is 1. The average Bonchev–Trinajstić information content (AvgIpc) is 3.07. The average molecular weight is 438 g/mol. The van der Waals surface area contributed by atoms with Crippen molar-refractivity contribution in [2.75, 3.05) is 0 Å². The Labute approximate surface area is 193 Å². The zero-order chi connectivity index (χ0) is 22.9. The van der Waals surface area contributed by atoms with E-state index in [9.17, 15) is 9.90 Å². The van der Waals surface area contributed by atoms with E-state index in [1.54, 1.807) is 0 Å². The van der Waals surface area contributed by atoms with Crippen molar-refractivity contribution >= 4 is 22.6 Å². The summed E-state index contributed by atoms with van der Waals surface area (Å²) in [6.45, 7) is 5.30. The molecule has 0 aliphatic carbocycles. The number of carbonyl (C=O) groups excluding carboxylic acids is 1. The van der Waals surface area contributed by atoms with Crippen molar-refractivity contribution in [2.45, 2.75) is 39.8 Å². The van der Waals surface area contributed by atoms with Crippen LogP contribution in [-0.4, -0.2) is 15.5 Å². The van der Waals surface area contributed by atoms with Gasteiger partial charge in [0, 0.05) is 18.5 Å². The molecule has 2 heterocycles. The number of carbonyl (C=O) groups is 1. The highest BCUT2D eigenvalue weighted by Crippen LogP contribution is 2.37. The van der Waals surface area contributed by atoms with Gasteiger partial charge in [-0.1, -0.05) is 55.5 Å². The number of rotatable bonds is 5. The van der Waals surface area contributed by atoms with Crippen LogP contribution in [0.15, 0.2) is 66.7 Å². The number of hydrogen-bond acceptors (Lipinski definition) is 4. The van der Waals surface area contributed by atoms with Crippen LogP contribution in [0, 0.1) is 6.92 Å². The fraction of sp³-hybridized carbons (Fsp3) is 0.214. The third-order valence-electron chi connectivity index (χ3n) is 6.16. The number of ether oxygens (including phenoxy) is 1. The van der Waals surface area contributed by atoms with E-state index in [-0.39, 0.29) is 0 Å². The summed E-state index contributed by atoms with van der Waals surface area (Å²) in [5, 5.41) is 11.5. The summed E-state index contributed by atoms with van der Waals surface area (Å²) in [5.41, 5.74) is 7.59. The molecule has 1 aromatic heterocycles. The van der Waals surface area contributed by atoms with E-state index in [0.717, 1.165) is 58.0 Å². The van der Waals surface area contributed by atoms with Crippen LogP contribution in [0.1, 0.15) is 47.0 Å². The maximum absolute atomic E-state index is 11.5. The normalized spacial score (nSPS) is 13.9. The molecule has 0 bridgehead atoms. The first-order chi connectivity index (χ1) is 16.0. The molecule has 4 aromatic rings. The third kappa shape index (κ3) is 3.91. The Hall–Kier alpha value is -3.86. The molecule has 33 heavy (non-hydrogen) atoms. The number of carboxylic acid groups (broad SMARTS) is 1. The molecule has 5 rings (SSSR count). The van der Waals surface area contributed by atoms with Crippen LogP contribution in [0.25, 0.3) is 16.6 Å². The number of aromatic nitrogens is 2. The molecule has 0 spiro atoms. The first kappa shape index (κ1) is 21.0. The van der Waals surface area contributed by atoms with Crippen LogP contribution in [0.2, 0.25) is 0 Å². The van der Waals surface area contributed by atoms with Crippen LogP contribution in [0.3, 0.4) is 0 Å². The lowest BCUT2D eigenvalue weighted by Gasteiger charge is -2.14. The van der Waals surface area contributed by atoms with E-state index in [0.29, 0.717) is 24.5 Å². The van der Waals surface area contributed by atoms with Gasteiger partial charge in [-0.3, -0.25) is 0 Å². The summed E-state index contributed by atoms with van der Waals surface area (Å²) in [5.74, 6) is 0.526. The molecule has 0 fully saturated rings. The second kappa shape index (κ2) is 8.58. The number of carboxylic acids is 1. The molecule has 1 aliphatic heterocycles. The lowest BCUT2D eigenvalue weighted by molar-refractivity contribution is -0.297. The fourth-order valence-electron chi connectivity index (χ4n) is 4.60. The molecular weight excluding hydrogens is 412 g/mol. The second-order valence-corrected chi connectivity index (χ2v) is 8.46. The summed E-state index contributed by atoms with van der Waals surface area (Å²) in [6, 6.07) is 20.0. The van der Waals surface area contributed by atoms with Crippen LogP contribution < -0.4 is 9.84 Å². The molecule has 0 unspecified atom stereocenters. The molecule has 0 atom stereocenters. The van der Waals surface area contributed by atoms with Crippen LogP contribution in [0.5, 0.6) is 5.75 Å². The van der Waals surface area contributed by atoms with Crippen molar-refractivity contribution in [3.8, 4) is 5.75 Å². The Morgan fingerprint density at radius 1 is 1.12 bits per heavy atom. The highest BCUT2D eigenvalue weighted by atomic mass is 16.5. The number of benzene rings is 3. The van der Waals surface area contributed by atoms with E-state index >= 15 is 0 Å². The molecule has 3 aromatic carbocycles. The minimum atomic E-state index is -1.22. The lowest BCUT2D eigenvalue weighted by Crippen LogP contribution is -2.19. The van der Waals surface area contributed by atoms with Gasteiger partial charge in [0.25, 0.3) is 0 Å². The Morgan fingerprint density at radius 3 is 2.79 bits per heavy atom. The first-order valence-corrected chi connectivity index (χ1v) is 11.3. The largest absolute Gasteiger partial charge is 0.545 e. The minimum Gasteiger partial charge on any atom is -0.545 e.